The van der Waals surface area contributed by atoms with Gasteiger partial charge in [-0.1, -0.05) is 0 Å². The van der Waals surface area contributed by atoms with E-state index in [1.165, 1.54) is 10.7 Å². The number of fused-ring (bicyclic) bond motifs is 3. The zero-order chi connectivity index (χ0) is 27.2. The van der Waals surface area contributed by atoms with Gasteiger partial charge in [0.25, 0.3) is 12.3 Å². The molecule has 13 heteroatoms. The molecule has 0 unspecified atom stereocenters. The second-order valence-corrected chi connectivity index (χ2v) is 11.5. The van der Waals surface area contributed by atoms with Crippen LogP contribution in [0.3, 0.4) is 0 Å². The quantitative estimate of drug-likeness (QED) is 0.459. The lowest BCUT2D eigenvalue weighted by molar-refractivity contribution is 0.0988. The van der Waals surface area contributed by atoms with E-state index in [-0.39, 0.29) is 29.4 Å². The summed E-state index contributed by atoms with van der Waals surface area (Å²) in [6.45, 7) is 6.76. The number of amides is 1. The third-order valence-electron chi connectivity index (χ3n) is 8.93. The standard InChI is InChI=1S/C27H35F2N9O2/c28-25(29)24-22(15-38(34-24)18-3-1-17(2-4-18)13-35-9-6-30-7-10-35)32-27(39)21-12-31-37-8-5-23(33-26(21)37)36-14-20-11-19(36)16-40-20/h5,8,12,15,17-20,25,30H,1-4,6-7,9-11,13-14,16H2,(H,32,39)/t17?,18?,19-,20-/m1/s1. The van der Waals surface area contributed by atoms with Crippen molar-refractivity contribution in [1.82, 2.24) is 34.6 Å². The number of rotatable bonds is 7. The normalized spacial score (nSPS) is 27.2. The van der Waals surface area contributed by atoms with Gasteiger partial charge in [-0.2, -0.15) is 10.2 Å². The summed E-state index contributed by atoms with van der Waals surface area (Å²) >= 11 is 0. The number of ether oxygens (including phenoxy) is 1. The van der Waals surface area contributed by atoms with Gasteiger partial charge in [0, 0.05) is 51.7 Å². The van der Waals surface area contributed by atoms with Crippen LogP contribution in [0.15, 0.2) is 24.7 Å². The summed E-state index contributed by atoms with van der Waals surface area (Å²) in [4.78, 5) is 22.7. The minimum absolute atomic E-state index is 0.0347. The zero-order valence-corrected chi connectivity index (χ0v) is 22.4. The number of anilines is 2. The van der Waals surface area contributed by atoms with Gasteiger partial charge < -0.3 is 25.2 Å². The van der Waals surface area contributed by atoms with E-state index in [4.69, 9.17) is 9.72 Å². The monoisotopic (exact) mass is 555 g/mol. The van der Waals surface area contributed by atoms with Gasteiger partial charge in [0.15, 0.2) is 11.3 Å². The average Bonchev–Trinajstić information content (AvgIpc) is 3.77. The Morgan fingerprint density at radius 2 is 2.00 bits per heavy atom. The molecule has 214 valence electrons. The minimum atomic E-state index is -2.80. The number of halogens is 2. The largest absolute Gasteiger partial charge is 0.374 e. The molecule has 4 fully saturated rings. The third-order valence-corrected chi connectivity index (χ3v) is 8.93. The van der Waals surface area contributed by atoms with Crippen LogP contribution in [0.25, 0.3) is 5.65 Å². The van der Waals surface area contributed by atoms with Gasteiger partial charge in [0.05, 0.1) is 36.7 Å². The molecule has 0 aromatic carbocycles. The summed E-state index contributed by atoms with van der Waals surface area (Å²) in [7, 11) is 0. The maximum Gasteiger partial charge on any atom is 0.284 e. The highest BCUT2D eigenvalue weighted by atomic mass is 19.3. The minimum Gasteiger partial charge on any atom is -0.374 e. The maximum absolute atomic E-state index is 14.0. The van der Waals surface area contributed by atoms with Crippen molar-refractivity contribution < 1.29 is 18.3 Å². The van der Waals surface area contributed by atoms with Crippen LogP contribution in [0.4, 0.5) is 20.3 Å². The summed E-state index contributed by atoms with van der Waals surface area (Å²) in [5.74, 6) is 0.841. The predicted molar refractivity (Wildman–Crippen MR) is 144 cm³/mol. The molecular weight excluding hydrogens is 520 g/mol. The van der Waals surface area contributed by atoms with E-state index in [0.717, 1.165) is 77.2 Å². The number of hydrogen-bond acceptors (Lipinski definition) is 8. The lowest BCUT2D eigenvalue weighted by Crippen LogP contribution is -2.45. The average molecular weight is 556 g/mol. The number of morpholine rings is 1. The van der Waals surface area contributed by atoms with E-state index in [0.29, 0.717) is 18.2 Å². The Labute approximate surface area is 230 Å². The fraction of sp³-hybridized carbons (Fsp3) is 0.630. The number of hydrogen-bond donors (Lipinski definition) is 2. The van der Waals surface area contributed by atoms with Gasteiger partial charge >= 0.3 is 0 Å². The Morgan fingerprint density at radius 3 is 2.73 bits per heavy atom. The highest BCUT2D eigenvalue weighted by molar-refractivity contribution is 6.08. The molecule has 2 N–H and O–H groups in total. The Morgan fingerprint density at radius 1 is 1.18 bits per heavy atom. The lowest BCUT2D eigenvalue weighted by atomic mass is 9.85. The van der Waals surface area contributed by atoms with Crippen molar-refractivity contribution in [1.29, 1.82) is 0 Å². The van der Waals surface area contributed by atoms with Gasteiger partial charge in [0.2, 0.25) is 0 Å². The summed E-state index contributed by atoms with van der Waals surface area (Å²) in [6, 6.07) is 2.19. The SMILES string of the molecule is O=C(Nc1cn(C2CCC(CN3CCNCC3)CC2)nc1C(F)F)c1cnn2ccc(N3C[C@H]4C[C@@H]3CO4)nc12. The molecule has 3 aromatic heterocycles. The van der Waals surface area contributed by atoms with Gasteiger partial charge in [0.1, 0.15) is 11.4 Å². The van der Waals surface area contributed by atoms with Crippen molar-refractivity contribution in [3.8, 4) is 0 Å². The van der Waals surface area contributed by atoms with Crippen LogP contribution in [0, 0.1) is 5.92 Å². The Balaban J connectivity index is 1.05. The summed E-state index contributed by atoms with van der Waals surface area (Å²) in [6.07, 6.45) is 6.99. The van der Waals surface area contributed by atoms with E-state index in [9.17, 15) is 13.6 Å². The molecule has 1 amide bonds. The molecule has 40 heavy (non-hydrogen) atoms. The van der Waals surface area contributed by atoms with Crippen molar-refractivity contribution in [3.05, 3.63) is 35.9 Å². The van der Waals surface area contributed by atoms with Crippen molar-refractivity contribution >= 4 is 23.1 Å². The molecule has 2 bridgehead atoms. The second kappa shape index (κ2) is 10.7. The zero-order valence-electron chi connectivity index (χ0n) is 22.4. The van der Waals surface area contributed by atoms with Gasteiger partial charge in [-0.05, 0) is 44.1 Å². The molecule has 7 rings (SSSR count). The number of carbonyl (C=O) groups is 1. The third kappa shape index (κ3) is 4.94. The van der Waals surface area contributed by atoms with E-state index in [1.54, 1.807) is 17.1 Å². The Hall–Kier alpha value is -3.16. The lowest BCUT2D eigenvalue weighted by Gasteiger charge is -2.34. The highest BCUT2D eigenvalue weighted by Gasteiger charge is 2.39. The predicted octanol–water partition coefficient (Wildman–Crippen LogP) is 2.73. The smallest absolute Gasteiger partial charge is 0.284 e. The molecule has 4 aliphatic rings. The fourth-order valence-electron chi connectivity index (χ4n) is 6.75. The van der Waals surface area contributed by atoms with Crippen LogP contribution in [0.5, 0.6) is 0 Å². The molecule has 0 spiro atoms. The van der Waals surface area contributed by atoms with Crippen LogP contribution in [0.1, 0.15) is 60.6 Å². The fourth-order valence-corrected chi connectivity index (χ4v) is 6.75. The number of piperazine rings is 1. The number of aromatic nitrogens is 5. The first-order valence-electron chi connectivity index (χ1n) is 14.4. The summed E-state index contributed by atoms with van der Waals surface area (Å²) < 4.78 is 36.8. The number of nitrogens with one attached hydrogen (secondary N) is 2. The van der Waals surface area contributed by atoms with Crippen molar-refractivity contribution in [2.45, 2.75) is 56.7 Å². The van der Waals surface area contributed by atoms with E-state index >= 15 is 0 Å². The molecule has 3 saturated heterocycles. The second-order valence-electron chi connectivity index (χ2n) is 11.5. The topological polar surface area (TPSA) is 105 Å². The number of alkyl halides is 2. The molecular formula is C27H35F2N9O2. The van der Waals surface area contributed by atoms with Crippen LogP contribution >= 0.6 is 0 Å². The van der Waals surface area contributed by atoms with Crippen LogP contribution in [-0.2, 0) is 4.74 Å². The van der Waals surface area contributed by atoms with Gasteiger partial charge in [-0.25, -0.2) is 18.3 Å². The first-order valence-corrected chi connectivity index (χ1v) is 14.4. The van der Waals surface area contributed by atoms with Crippen LogP contribution in [-0.4, -0.2) is 93.2 Å². The summed E-state index contributed by atoms with van der Waals surface area (Å²) in [5, 5.41) is 14.6. The van der Waals surface area contributed by atoms with Gasteiger partial charge in [-0.15, -0.1) is 0 Å². The molecule has 1 aliphatic carbocycles. The number of nitrogens with zero attached hydrogens (tertiary/aromatic N) is 7. The molecule has 6 heterocycles. The molecule has 11 nitrogen and oxygen atoms in total. The molecule has 0 radical (unpaired) electrons. The molecule has 3 aliphatic heterocycles. The first kappa shape index (κ1) is 25.8. The van der Waals surface area contributed by atoms with E-state index in [1.807, 2.05) is 6.07 Å². The van der Waals surface area contributed by atoms with Crippen LogP contribution in [0.2, 0.25) is 0 Å². The first-order chi connectivity index (χ1) is 19.5. The molecule has 2 atom stereocenters. The van der Waals surface area contributed by atoms with E-state index in [2.05, 4.69) is 30.6 Å². The van der Waals surface area contributed by atoms with Crippen molar-refractivity contribution in [2.75, 3.05) is 56.1 Å². The summed E-state index contributed by atoms with van der Waals surface area (Å²) in [5.41, 5.74) is 0.235. The Bertz CT molecular complexity index is 1360. The Kier molecular flexibility index (Phi) is 6.88. The van der Waals surface area contributed by atoms with Crippen molar-refractivity contribution in [2.24, 2.45) is 5.92 Å². The van der Waals surface area contributed by atoms with Crippen molar-refractivity contribution in [3.63, 3.8) is 0 Å². The number of carbonyl (C=O) groups excluding carboxylic acids is 1. The molecule has 3 aromatic rings. The van der Waals surface area contributed by atoms with Gasteiger partial charge in [-0.3, -0.25) is 9.48 Å². The van der Waals surface area contributed by atoms with Crippen LogP contribution < -0.4 is 15.5 Å². The molecule has 1 saturated carbocycles. The maximum atomic E-state index is 14.0. The van der Waals surface area contributed by atoms with E-state index < -0.39 is 18.0 Å². The highest BCUT2D eigenvalue weighted by Crippen LogP contribution is 2.36.